The summed E-state index contributed by atoms with van der Waals surface area (Å²) < 4.78 is 5.39. The molecule has 0 spiro atoms. The Morgan fingerprint density at radius 3 is 2.55 bits per heavy atom. The van der Waals surface area contributed by atoms with Gasteiger partial charge in [-0.05, 0) is 30.5 Å². The smallest absolute Gasteiger partial charge is 0.246 e. The number of likely N-dealkylation sites (N-methyl/N-ethyl adjacent to an activating group) is 1. The van der Waals surface area contributed by atoms with Crippen molar-refractivity contribution in [2.75, 3.05) is 46.4 Å². The fourth-order valence-corrected chi connectivity index (χ4v) is 5.64. The summed E-state index contributed by atoms with van der Waals surface area (Å²) in [7, 11) is 1.90. The molecule has 12 heteroatoms. The Kier molecular flexibility index (Phi) is 12.4. The van der Waals surface area contributed by atoms with E-state index in [1.807, 2.05) is 69.4 Å². The Morgan fingerprint density at radius 2 is 1.93 bits per heavy atom. The Labute approximate surface area is 252 Å². The minimum atomic E-state index is -0.855. The average molecular weight is 603 g/mol. The number of nitrogens with one attached hydrogen (secondary N) is 2. The van der Waals surface area contributed by atoms with Crippen LogP contribution in [0.25, 0.3) is 10.4 Å². The number of ether oxygens (including phenoxy) is 1. The van der Waals surface area contributed by atoms with Gasteiger partial charge in [0.25, 0.3) is 0 Å². The first-order chi connectivity index (χ1) is 19.9. The van der Waals surface area contributed by atoms with Crippen molar-refractivity contribution < 1.29 is 24.2 Å². The first-order valence-corrected chi connectivity index (χ1v) is 15.3. The zero-order chi connectivity index (χ0) is 30.9. The molecule has 11 nitrogen and oxygen atoms in total. The number of thiazole rings is 1. The summed E-state index contributed by atoms with van der Waals surface area (Å²) in [4.78, 5) is 48.7. The zero-order valence-electron chi connectivity index (χ0n) is 25.4. The van der Waals surface area contributed by atoms with E-state index in [9.17, 15) is 19.5 Å². The molecule has 0 bridgehead atoms. The van der Waals surface area contributed by atoms with Crippen LogP contribution in [0.3, 0.4) is 0 Å². The van der Waals surface area contributed by atoms with Crippen molar-refractivity contribution in [3.63, 3.8) is 0 Å². The molecule has 0 aliphatic carbocycles. The molecule has 0 unspecified atom stereocenters. The van der Waals surface area contributed by atoms with Crippen molar-refractivity contribution in [2.45, 2.75) is 65.3 Å². The second-order valence-electron chi connectivity index (χ2n) is 11.9. The molecule has 0 radical (unpaired) electrons. The van der Waals surface area contributed by atoms with Crippen LogP contribution < -0.4 is 16.4 Å². The van der Waals surface area contributed by atoms with E-state index in [2.05, 4.69) is 15.6 Å². The van der Waals surface area contributed by atoms with Gasteiger partial charge in [0.15, 0.2) is 0 Å². The van der Waals surface area contributed by atoms with E-state index >= 15 is 0 Å². The van der Waals surface area contributed by atoms with Gasteiger partial charge >= 0.3 is 0 Å². The maximum atomic E-state index is 13.8. The van der Waals surface area contributed by atoms with Crippen LogP contribution in [-0.2, 0) is 25.7 Å². The van der Waals surface area contributed by atoms with Gasteiger partial charge in [0.2, 0.25) is 17.7 Å². The van der Waals surface area contributed by atoms with Gasteiger partial charge in [-0.1, -0.05) is 45.0 Å². The minimum Gasteiger partial charge on any atom is -0.391 e. The lowest BCUT2D eigenvalue weighted by Gasteiger charge is -2.35. The fraction of sp³-hybridized carbons (Fsp3) is 0.600. The average Bonchev–Trinajstić information content (AvgIpc) is 3.56. The van der Waals surface area contributed by atoms with Crippen LogP contribution in [0.15, 0.2) is 29.8 Å². The van der Waals surface area contributed by atoms with Gasteiger partial charge in [-0.3, -0.25) is 14.4 Å². The van der Waals surface area contributed by atoms with Crippen molar-refractivity contribution in [1.82, 2.24) is 25.4 Å². The van der Waals surface area contributed by atoms with E-state index in [1.54, 1.807) is 11.3 Å². The van der Waals surface area contributed by atoms with Gasteiger partial charge in [-0.25, -0.2) is 4.98 Å². The SMILES string of the molecule is Cc1ncsc1-c1ccc(CNC(=O)[C@@H]2C[C@@H](O)CN2C(=O)[C@@H](NC(=O)CCN(C)CCOCCN)C(C)(C)C)cc1. The molecule has 1 fully saturated rings. The molecule has 2 aromatic rings. The molecule has 3 rings (SSSR count). The zero-order valence-corrected chi connectivity index (χ0v) is 26.2. The summed E-state index contributed by atoms with van der Waals surface area (Å²) >= 11 is 1.58. The molecule has 1 aromatic heterocycles. The molecule has 1 aromatic carbocycles. The number of carbonyl (C=O) groups is 3. The number of hydrogen-bond donors (Lipinski definition) is 4. The van der Waals surface area contributed by atoms with Crippen molar-refractivity contribution in [3.8, 4) is 10.4 Å². The lowest BCUT2D eigenvalue weighted by molar-refractivity contribution is -0.144. The summed E-state index contributed by atoms with van der Waals surface area (Å²) in [6.45, 7) is 10.6. The number of rotatable bonds is 14. The third-order valence-electron chi connectivity index (χ3n) is 7.31. The highest BCUT2D eigenvalue weighted by molar-refractivity contribution is 7.13. The molecule has 3 atom stereocenters. The second kappa shape index (κ2) is 15.5. The number of nitrogens with two attached hydrogens (primary N) is 1. The maximum absolute atomic E-state index is 13.8. The van der Waals surface area contributed by atoms with E-state index in [-0.39, 0.29) is 37.1 Å². The summed E-state index contributed by atoms with van der Waals surface area (Å²) in [6, 6.07) is 6.23. The molecule has 2 heterocycles. The van der Waals surface area contributed by atoms with Crippen LogP contribution in [-0.4, -0.2) is 102 Å². The number of aliphatic hydroxyl groups excluding tert-OH is 1. The Bertz CT molecular complexity index is 1180. The third-order valence-corrected chi connectivity index (χ3v) is 8.29. The molecule has 232 valence electrons. The Balaban J connectivity index is 1.58. The fourth-order valence-electron chi connectivity index (χ4n) is 4.82. The number of benzene rings is 1. The number of aliphatic hydroxyl groups is 1. The number of aryl methyl sites for hydroxylation is 1. The number of nitrogens with zero attached hydrogens (tertiary/aromatic N) is 3. The number of carbonyl (C=O) groups excluding carboxylic acids is 3. The number of likely N-dealkylation sites (tertiary alicyclic amines) is 1. The van der Waals surface area contributed by atoms with Crippen LogP contribution in [0.4, 0.5) is 0 Å². The molecule has 3 amide bonds. The lowest BCUT2D eigenvalue weighted by Crippen LogP contribution is -2.57. The first-order valence-electron chi connectivity index (χ1n) is 14.4. The van der Waals surface area contributed by atoms with Crippen LogP contribution in [0.2, 0.25) is 0 Å². The number of amides is 3. The molecule has 1 aliphatic heterocycles. The number of β-amino-alcohol motifs (C(OH)–C–C–N with tert-alkyl or cyclic N) is 1. The number of hydrogen-bond acceptors (Lipinski definition) is 9. The van der Waals surface area contributed by atoms with Crippen molar-refractivity contribution in [3.05, 3.63) is 41.0 Å². The third kappa shape index (κ3) is 9.56. The predicted molar refractivity (Wildman–Crippen MR) is 164 cm³/mol. The van der Waals surface area contributed by atoms with Crippen molar-refractivity contribution in [1.29, 1.82) is 0 Å². The van der Waals surface area contributed by atoms with E-state index in [1.165, 1.54) is 4.90 Å². The highest BCUT2D eigenvalue weighted by Gasteiger charge is 2.44. The van der Waals surface area contributed by atoms with Crippen LogP contribution >= 0.6 is 11.3 Å². The topological polar surface area (TPSA) is 150 Å². The van der Waals surface area contributed by atoms with Gasteiger partial charge in [0, 0.05) is 45.6 Å². The minimum absolute atomic E-state index is 0.0355. The lowest BCUT2D eigenvalue weighted by atomic mass is 9.85. The first kappa shape index (κ1) is 33.6. The van der Waals surface area contributed by atoms with Crippen molar-refractivity contribution in [2.24, 2.45) is 11.1 Å². The van der Waals surface area contributed by atoms with Crippen LogP contribution in [0.1, 0.15) is 44.9 Å². The van der Waals surface area contributed by atoms with E-state index < -0.39 is 23.6 Å². The van der Waals surface area contributed by atoms with Gasteiger partial charge in [-0.15, -0.1) is 11.3 Å². The van der Waals surface area contributed by atoms with Crippen molar-refractivity contribution >= 4 is 29.1 Å². The monoisotopic (exact) mass is 602 g/mol. The largest absolute Gasteiger partial charge is 0.391 e. The molecular weight excluding hydrogens is 556 g/mol. The Hall–Kier alpha value is -2.90. The molecular formula is C30H46N6O5S. The standard InChI is InChI=1S/C30H46N6O5S/c1-20-26(42-19-33-20)22-8-6-21(7-9-22)17-32-28(39)24-16-23(37)18-36(24)29(40)27(30(2,3)4)34-25(38)10-12-35(5)13-15-41-14-11-31/h6-9,19,23-24,27,37H,10-18,31H2,1-5H3,(H,32,39)(H,34,38)/t23-,24+,27-/m1/s1. The molecule has 0 saturated carbocycles. The number of aromatic nitrogens is 1. The highest BCUT2D eigenvalue weighted by Crippen LogP contribution is 2.28. The van der Waals surface area contributed by atoms with E-state index in [0.717, 1.165) is 21.7 Å². The summed E-state index contributed by atoms with van der Waals surface area (Å²) in [5, 5.41) is 16.2. The van der Waals surface area contributed by atoms with Gasteiger partial charge in [0.1, 0.15) is 12.1 Å². The summed E-state index contributed by atoms with van der Waals surface area (Å²) in [5.74, 6) is -0.962. The van der Waals surface area contributed by atoms with Gasteiger partial charge in [0.05, 0.1) is 35.4 Å². The molecule has 1 saturated heterocycles. The summed E-state index contributed by atoms with van der Waals surface area (Å²) in [5.41, 5.74) is 9.60. The van der Waals surface area contributed by atoms with Gasteiger partial charge < -0.3 is 36.0 Å². The Morgan fingerprint density at radius 1 is 1.21 bits per heavy atom. The normalized spacial score (nSPS) is 17.9. The second-order valence-corrected chi connectivity index (χ2v) is 12.8. The molecule has 5 N–H and O–H groups in total. The molecule has 42 heavy (non-hydrogen) atoms. The van der Waals surface area contributed by atoms with Crippen LogP contribution in [0.5, 0.6) is 0 Å². The van der Waals surface area contributed by atoms with E-state index in [0.29, 0.717) is 39.4 Å². The van der Waals surface area contributed by atoms with Gasteiger partial charge in [-0.2, -0.15) is 0 Å². The predicted octanol–water partition coefficient (Wildman–Crippen LogP) is 1.52. The van der Waals surface area contributed by atoms with Crippen LogP contribution in [0, 0.1) is 12.3 Å². The van der Waals surface area contributed by atoms with E-state index in [4.69, 9.17) is 10.5 Å². The maximum Gasteiger partial charge on any atom is 0.246 e. The molecule has 1 aliphatic rings. The summed E-state index contributed by atoms with van der Waals surface area (Å²) in [6.07, 6.45) is -0.470. The quantitative estimate of drug-likeness (QED) is 0.238. The highest BCUT2D eigenvalue weighted by atomic mass is 32.1.